The second-order valence-electron chi connectivity index (χ2n) is 5.37. The molecular weight excluding hydrogens is 469 g/mol. The summed E-state index contributed by atoms with van der Waals surface area (Å²) in [6.45, 7) is 4.84. The van der Waals surface area contributed by atoms with Crippen molar-refractivity contribution in [3.05, 3.63) is 57.9 Å². The number of aromatic nitrogens is 2. The molecule has 0 aliphatic rings. The first-order chi connectivity index (χ1) is 12.9. The molecule has 0 atom stereocenters. The second-order valence-corrected chi connectivity index (χ2v) is 6.53. The molecule has 2 aromatic rings. The minimum absolute atomic E-state index is 0.187. The van der Waals surface area contributed by atoms with E-state index in [0.29, 0.717) is 30.3 Å². The summed E-state index contributed by atoms with van der Waals surface area (Å²) in [4.78, 5) is 37.5. The van der Waals surface area contributed by atoms with Crippen LogP contribution in [0.2, 0.25) is 0 Å². The number of nitro groups is 1. The first kappa shape index (κ1) is 20.7. The van der Waals surface area contributed by atoms with Crippen LogP contribution in [0.5, 0.6) is 11.5 Å². The van der Waals surface area contributed by atoms with Crippen LogP contribution in [0.15, 0.2) is 21.7 Å². The molecule has 0 unspecified atom stereocenters. The lowest BCUT2D eigenvalue weighted by atomic mass is 10.1. The van der Waals surface area contributed by atoms with Crippen LogP contribution in [0.4, 0.5) is 5.69 Å². The van der Waals surface area contributed by atoms with E-state index in [1.54, 1.807) is 12.1 Å². The van der Waals surface area contributed by atoms with Crippen molar-refractivity contribution in [2.24, 2.45) is 0 Å². The number of hydrogen-bond acceptors (Lipinski definition) is 6. The van der Waals surface area contributed by atoms with Crippen molar-refractivity contribution in [1.29, 1.82) is 0 Å². The summed E-state index contributed by atoms with van der Waals surface area (Å²) >= 11 is 2.11. The van der Waals surface area contributed by atoms with Crippen molar-refractivity contribution in [3.63, 3.8) is 0 Å². The number of nitrogens with one attached hydrogen (secondary N) is 2. The van der Waals surface area contributed by atoms with Gasteiger partial charge in [0.25, 0.3) is 0 Å². The summed E-state index contributed by atoms with van der Waals surface area (Å²) in [5.74, 6) is 1.18. The van der Waals surface area contributed by atoms with Crippen molar-refractivity contribution < 1.29 is 14.4 Å². The van der Waals surface area contributed by atoms with Gasteiger partial charge in [-0.1, -0.05) is 13.0 Å². The highest BCUT2D eigenvalue weighted by molar-refractivity contribution is 14.1. The zero-order valence-electron chi connectivity index (χ0n) is 14.7. The van der Waals surface area contributed by atoms with Gasteiger partial charge in [-0.05, 0) is 59.7 Å². The van der Waals surface area contributed by atoms with Crippen LogP contribution in [0, 0.1) is 13.7 Å². The molecule has 0 radical (unpaired) electrons. The Morgan fingerprint density at radius 2 is 1.93 bits per heavy atom. The smallest absolute Gasteiger partial charge is 0.357 e. The topological polar surface area (TPSA) is 127 Å². The molecule has 0 amide bonds. The highest BCUT2D eigenvalue weighted by Gasteiger charge is 2.19. The van der Waals surface area contributed by atoms with Crippen LogP contribution in [-0.2, 0) is 0 Å². The number of benzene rings is 1. The standard InChI is InChI=1S/C17H18IN3O6/c1-3-7-27-15-11(18)8-10(9-13(15)26-4-2)5-6-12-14(21(24)25)16(22)20-17(23)19-12/h5-6,8-9H,3-4,7H2,1-2H3,(H2,19,20,22,23)/b6-5+. The van der Waals surface area contributed by atoms with E-state index in [0.717, 1.165) is 9.99 Å². The molecule has 0 spiro atoms. The largest absolute Gasteiger partial charge is 0.490 e. The van der Waals surface area contributed by atoms with E-state index in [9.17, 15) is 19.7 Å². The molecule has 9 nitrogen and oxygen atoms in total. The molecule has 27 heavy (non-hydrogen) atoms. The zero-order chi connectivity index (χ0) is 20.0. The van der Waals surface area contributed by atoms with Gasteiger partial charge in [-0.2, -0.15) is 0 Å². The van der Waals surface area contributed by atoms with Gasteiger partial charge < -0.3 is 14.5 Å². The van der Waals surface area contributed by atoms with Gasteiger partial charge in [0.15, 0.2) is 11.5 Å². The third-order valence-electron chi connectivity index (χ3n) is 3.35. The fraction of sp³-hybridized carbons (Fsp3) is 0.294. The minimum Gasteiger partial charge on any atom is -0.490 e. The van der Waals surface area contributed by atoms with E-state index >= 15 is 0 Å². The second kappa shape index (κ2) is 9.35. The Bertz CT molecular complexity index is 980. The number of halogens is 1. The van der Waals surface area contributed by atoms with Gasteiger partial charge in [0, 0.05) is 0 Å². The first-order valence-electron chi connectivity index (χ1n) is 8.15. The van der Waals surface area contributed by atoms with Gasteiger partial charge in [-0.15, -0.1) is 0 Å². The van der Waals surface area contributed by atoms with Crippen LogP contribution in [-0.4, -0.2) is 28.1 Å². The lowest BCUT2D eigenvalue weighted by Crippen LogP contribution is -2.25. The van der Waals surface area contributed by atoms with Crippen molar-refractivity contribution in [1.82, 2.24) is 9.97 Å². The molecule has 2 N–H and O–H groups in total. The number of rotatable bonds is 8. The molecule has 1 heterocycles. The van der Waals surface area contributed by atoms with E-state index < -0.39 is 21.9 Å². The van der Waals surface area contributed by atoms with E-state index in [4.69, 9.17) is 9.47 Å². The van der Waals surface area contributed by atoms with Gasteiger partial charge in [0.05, 0.1) is 21.7 Å². The van der Waals surface area contributed by atoms with E-state index in [1.807, 2.05) is 24.9 Å². The molecule has 144 valence electrons. The molecule has 0 aliphatic carbocycles. The molecule has 0 saturated heterocycles. The highest BCUT2D eigenvalue weighted by Crippen LogP contribution is 2.35. The summed E-state index contributed by atoms with van der Waals surface area (Å²) in [7, 11) is 0. The fourth-order valence-electron chi connectivity index (χ4n) is 2.27. The summed E-state index contributed by atoms with van der Waals surface area (Å²) < 4.78 is 12.2. The maximum atomic E-state index is 11.7. The van der Waals surface area contributed by atoms with E-state index in [1.165, 1.54) is 6.08 Å². The predicted octanol–water partition coefficient (Wildman–Crippen LogP) is 2.93. The molecule has 2 rings (SSSR count). The summed E-state index contributed by atoms with van der Waals surface area (Å²) in [5, 5.41) is 11.1. The predicted molar refractivity (Wildman–Crippen MR) is 109 cm³/mol. The van der Waals surface area contributed by atoms with Crippen LogP contribution >= 0.6 is 22.6 Å². The van der Waals surface area contributed by atoms with Crippen molar-refractivity contribution in [3.8, 4) is 11.5 Å². The molecule has 0 aliphatic heterocycles. The number of nitrogens with zero attached hydrogens (tertiary/aromatic N) is 1. The Kier molecular flexibility index (Phi) is 7.16. The lowest BCUT2D eigenvalue weighted by molar-refractivity contribution is -0.386. The Labute approximate surface area is 167 Å². The van der Waals surface area contributed by atoms with Gasteiger partial charge in [0.2, 0.25) is 0 Å². The fourth-order valence-corrected chi connectivity index (χ4v) is 3.05. The number of ether oxygens (including phenoxy) is 2. The Morgan fingerprint density at radius 3 is 2.56 bits per heavy atom. The third-order valence-corrected chi connectivity index (χ3v) is 4.15. The Balaban J connectivity index is 2.47. The Hall–Kier alpha value is -2.63. The molecule has 1 aromatic heterocycles. The molecule has 10 heteroatoms. The quantitative estimate of drug-likeness (QED) is 0.335. The molecule has 0 saturated carbocycles. The summed E-state index contributed by atoms with van der Waals surface area (Å²) in [6.07, 6.45) is 3.71. The monoisotopic (exact) mass is 487 g/mol. The average molecular weight is 487 g/mol. The van der Waals surface area contributed by atoms with Crippen molar-refractivity contribution >= 4 is 40.4 Å². The van der Waals surface area contributed by atoms with Crippen LogP contribution in [0.1, 0.15) is 31.5 Å². The zero-order valence-corrected chi connectivity index (χ0v) is 16.9. The van der Waals surface area contributed by atoms with Gasteiger partial charge >= 0.3 is 16.9 Å². The molecule has 0 fully saturated rings. The maximum absolute atomic E-state index is 11.7. The number of H-pyrrole nitrogens is 2. The first-order valence-corrected chi connectivity index (χ1v) is 9.23. The SMILES string of the molecule is CCCOc1c(I)cc(/C=C/c2[nH]c(=O)[nH]c(=O)c2[N+](=O)[O-])cc1OCC. The van der Waals surface area contributed by atoms with Crippen LogP contribution < -0.4 is 20.7 Å². The average Bonchev–Trinajstić information content (AvgIpc) is 2.58. The number of aromatic amines is 2. The third kappa shape index (κ3) is 5.18. The minimum atomic E-state index is -1.06. The summed E-state index contributed by atoms with van der Waals surface area (Å²) in [5.41, 5.74) is -2.13. The lowest BCUT2D eigenvalue weighted by Gasteiger charge is -2.14. The normalized spacial score (nSPS) is 10.9. The molecular formula is C17H18IN3O6. The van der Waals surface area contributed by atoms with E-state index in [2.05, 4.69) is 27.6 Å². The molecule has 0 bridgehead atoms. The Morgan fingerprint density at radius 1 is 1.19 bits per heavy atom. The van der Waals surface area contributed by atoms with Gasteiger partial charge in [-0.25, -0.2) is 4.79 Å². The van der Waals surface area contributed by atoms with Crippen molar-refractivity contribution in [2.75, 3.05) is 13.2 Å². The highest BCUT2D eigenvalue weighted by atomic mass is 127. The molecule has 1 aromatic carbocycles. The number of hydrogen-bond donors (Lipinski definition) is 2. The van der Waals surface area contributed by atoms with Crippen molar-refractivity contribution in [2.45, 2.75) is 20.3 Å². The van der Waals surface area contributed by atoms with E-state index in [-0.39, 0.29) is 5.69 Å². The van der Waals surface area contributed by atoms with Gasteiger partial charge in [0.1, 0.15) is 5.69 Å². The van der Waals surface area contributed by atoms with Crippen LogP contribution in [0.25, 0.3) is 12.2 Å². The van der Waals surface area contributed by atoms with Gasteiger partial charge in [-0.3, -0.25) is 19.9 Å². The van der Waals surface area contributed by atoms with Crippen LogP contribution in [0.3, 0.4) is 0 Å². The maximum Gasteiger partial charge on any atom is 0.357 e. The summed E-state index contributed by atoms with van der Waals surface area (Å²) in [6, 6.07) is 3.53.